The number of fused-ring (bicyclic) bond motifs is 1. The van der Waals surface area contributed by atoms with E-state index >= 15 is 0 Å². The molecule has 5 nitrogen and oxygen atoms in total. The number of hydrazine groups is 1. The van der Waals surface area contributed by atoms with Crippen molar-refractivity contribution in [2.24, 2.45) is 5.84 Å². The lowest BCUT2D eigenvalue weighted by atomic mass is 10.00. The zero-order valence-corrected chi connectivity index (χ0v) is 9.67. The van der Waals surface area contributed by atoms with Crippen molar-refractivity contribution in [1.29, 1.82) is 0 Å². The minimum atomic E-state index is -0.161. The summed E-state index contributed by atoms with van der Waals surface area (Å²) < 4.78 is 0. The van der Waals surface area contributed by atoms with Crippen molar-refractivity contribution >= 4 is 10.8 Å². The molecule has 0 bridgehead atoms. The van der Waals surface area contributed by atoms with Gasteiger partial charge in [-0.25, -0.2) is 10.4 Å². The molecule has 0 aliphatic rings. The third-order valence-electron chi connectivity index (χ3n) is 2.98. The second-order valence-corrected chi connectivity index (χ2v) is 4.02. The Labute approximate surface area is 104 Å². The highest BCUT2D eigenvalue weighted by Crippen LogP contribution is 2.26. The Morgan fingerprint density at radius 3 is 2.94 bits per heavy atom. The Bertz CT molecular complexity index is 642. The highest BCUT2D eigenvalue weighted by Gasteiger charge is 2.16. The van der Waals surface area contributed by atoms with Crippen molar-refractivity contribution in [3.05, 3.63) is 60.4 Å². The lowest BCUT2D eigenvalue weighted by Crippen LogP contribution is -2.29. The molecule has 0 aliphatic carbocycles. The monoisotopic (exact) mass is 239 g/mol. The lowest BCUT2D eigenvalue weighted by Gasteiger charge is -2.16. The molecule has 0 radical (unpaired) electrons. The molecule has 1 atom stereocenters. The van der Waals surface area contributed by atoms with Crippen LogP contribution in [-0.4, -0.2) is 15.0 Å². The van der Waals surface area contributed by atoms with Gasteiger partial charge in [-0.3, -0.25) is 10.8 Å². The summed E-state index contributed by atoms with van der Waals surface area (Å²) in [5.74, 6) is 6.45. The van der Waals surface area contributed by atoms with Gasteiger partial charge in [0, 0.05) is 30.2 Å². The van der Waals surface area contributed by atoms with Crippen molar-refractivity contribution in [2.45, 2.75) is 6.04 Å². The third kappa shape index (κ3) is 1.75. The van der Waals surface area contributed by atoms with E-state index in [-0.39, 0.29) is 6.04 Å². The Morgan fingerprint density at radius 1 is 1.22 bits per heavy atom. The van der Waals surface area contributed by atoms with Gasteiger partial charge in [0.05, 0.1) is 0 Å². The minimum absolute atomic E-state index is 0.161. The SMILES string of the molecule is NNC(c1ncc[nH]1)c1cccc2cnccc12. The number of hydrogen-bond donors (Lipinski definition) is 3. The van der Waals surface area contributed by atoms with Crippen LogP contribution >= 0.6 is 0 Å². The predicted octanol–water partition coefficient (Wildman–Crippen LogP) is 1.51. The number of rotatable bonds is 3. The van der Waals surface area contributed by atoms with Crippen LogP contribution in [0.25, 0.3) is 10.8 Å². The van der Waals surface area contributed by atoms with Crippen molar-refractivity contribution < 1.29 is 0 Å². The molecule has 0 aliphatic heterocycles. The zero-order chi connectivity index (χ0) is 12.4. The number of hydrogen-bond acceptors (Lipinski definition) is 4. The summed E-state index contributed by atoms with van der Waals surface area (Å²) in [6.45, 7) is 0. The fourth-order valence-electron chi connectivity index (χ4n) is 2.15. The van der Waals surface area contributed by atoms with Crippen LogP contribution in [0.15, 0.2) is 49.1 Å². The first kappa shape index (κ1) is 10.9. The highest BCUT2D eigenvalue weighted by molar-refractivity contribution is 5.85. The van der Waals surface area contributed by atoms with Crippen molar-refractivity contribution in [1.82, 2.24) is 20.4 Å². The number of nitrogens with zero attached hydrogens (tertiary/aromatic N) is 2. The molecule has 0 fully saturated rings. The van der Waals surface area contributed by atoms with Gasteiger partial charge in [-0.1, -0.05) is 18.2 Å². The summed E-state index contributed by atoms with van der Waals surface area (Å²) in [5.41, 5.74) is 3.87. The number of aromatic amines is 1. The number of nitrogens with one attached hydrogen (secondary N) is 2. The van der Waals surface area contributed by atoms with E-state index in [0.717, 1.165) is 22.2 Å². The summed E-state index contributed by atoms with van der Waals surface area (Å²) >= 11 is 0. The molecule has 5 heteroatoms. The van der Waals surface area contributed by atoms with Gasteiger partial charge in [-0.05, 0) is 17.0 Å². The average molecular weight is 239 g/mol. The van der Waals surface area contributed by atoms with Gasteiger partial charge < -0.3 is 4.98 Å². The van der Waals surface area contributed by atoms with Gasteiger partial charge in [-0.2, -0.15) is 0 Å². The van der Waals surface area contributed by atoms with E-state index in [2.05, 4.69) is 20.4 Å². The number of aromatic nitrogens is 3. The first-order chi connectivity index (χ1) is 8.90. The first-order valence-corrected chi connectivity index (χ1v) is 5.68. The molecule has 0 saturated carbocycles. The molecule has 3 rings (SSSR count). The molecule has 0 saturated heterocycles. The highest BCUT2D eigenvalue weighted by atomic mass is 15.2. The van der Waals surface area contributed by atoms with Gasteiger partial charge in [0.1, 0.15) is 11.9 Å². The van der Waals surface area contributed by atoms with Crippen molar-refractivity contribution in [3.8, 4) is 0 Å². The van der Waals surface area contributed by atoms with Gasteiger partial charge >= 0.3 is 0 Å². The van der Waals surface area contributed by atoms with Crippen LogP contribution in [0.1, 0.15) is 17.4 Å². The summed E-state index contributed by atoms with van der Waals surface area (Å²) in [4.78, 5) is 11.5. The van der Waals surface area contributed by atoms with E-state index in [0.29, 0.717) is 0 Å². The molecule has 2 aromatic heterocycles. The van der Waals surface area contributed by atoms with E-state index in [4.69, 9.17) is 5.84 Å². The maximum Gasteiger partial charge on any atom is 0.129 e. The van der Waals surface area contributed by atoms with E-state index in [1.165, 1.54) is 0 Å². The van der Waals surface area contributed by atoms with Gasteiger partial charge in [0.15, 0.2) is 0 Å². The second kappa shape index (κ2) is 4.56. The molecule has 3 aromatic rings. The molecular weight excluding hydrogens is 226 g/mol. The molecule has 1 aromatic carbocycles. The smallest absolute Gasteiger partial charge is 0.129 e. The quantitative estimate of drug-likeness (QED) is 0.478. The molecule has 2 heterocycles. The molecule has 0 spiro atoms. The molecule has 1 unspecified atom stereocenters. The van der Waals surface area contributed by atoms with Crippen LogP contribution in [0.5, 0.6) is 0 Å². The standard InChI is InChI=1S/C13H13N5/c14-18-12(13-16-6-7-17-13)11-3-1-2-9-8-15-5-4-10(9)11/h1-8,12,18H,14H2,(H,16,17). The fourth-order valence-corrected chi connectivity index (χ4v) is 2.15. The lowest BCUT2D eigenvalue weighted by molar-refractivity contribution is 0.612. The number of H-pyrrole nitrogens is 1. The van der Waals surface area contributed by atoms with Crippen LogP contribution in [0, 0.1) is 0 Å². The zero-order valence-electron chi connectivity index (χ0n) is 9.67. The number of imidazole rings is 1. The second-order valence-electron chi connectivity index (χ2n) is 4.02. The molecule has 4 N–H and O–H groups in total. The summed E-state index contributed by atoms with van der Waals surface area (Å²) in [6.07, 6.45) is 7.12. The van der Waals surface area contributed by atoms with Crippen LogP contribution < -0.4 is 11.3 Å². The van der Waals surface area contributed by atoms with Crippen molar-refractivity contribution in [3.63, 3.8) is 0 Å². The topological polar surface area (TPSA) is 79.6 Å². The van der Waals surface area contributed by atoms with Crippen molar-refractivity contribution in [2.75, 3.05) is 0 Å². The van der Waals surface area contributed by atoms with Gasteiger partial charge in [0.25, 0.3) is 0 Å². The Balaban J connectivity index is 2.18. The Kier molecular flexibility index (Phi) is 2.76. The maximum atomic E-state index is 5.66. The normalized spacial score (nSPS) is 12.7. The van der Waals surface area contributed by atoms with Crippen LogP contribution in [-0.2, 0) is 0 Å². The Hall–Kier alpha value is -2.24. The van der Waals surface area contributed by atoms with E-state index in [1.807, 2.05) is 30.5 Å². The third-order valence-corrected chi connectivity index (χ3v) is 2.98. The molecule has 18 heavy (non-hydrogen) atoms. The summed E-state index contributed by atoms with van der Waals surface area (Å²) in [5, 5.41) is 2.20. The number of pyridine rings is 1. The minimum Gasteiger partial charge on any atom is -0.347 e. The average Bonchev–Trinajstić information content (AvgIpc) is 2.94. The van der Waals surface area contributed by atoms with Crippen LogP contribution in [0.2, 0.25) is 0 Å². The summed E-state index contributed by atoms with van der Waals surface area (Å²) in [6, 6.07) is 7.88. The molecule has 0 amide bonds. The molecular formula is C13H13N5. The van der Waals surface area contributed by atoms with E-state index in [9.17, 15) is 0 Å². The van der Waals surface area contributed by atoms with E-state index < -0.39 is 0 Å². The van der Waals surface area contributed by atoms with E-state index in [1.54, 1.807) is 18.6 Å². The Morgan fingerprint density at radius 2 is 2.17 bits per heavy atom. The van der Waals surface area contributed by atoms with Gasteiger partial charge in [-0.15, -0.1) is 0 Å². The fraction of sp³-hybridized carbons (Fsp3) is 0.0769. The van der Waals surface area contributed by atoms with Crippen LogP contribution in [0.3, 0.4) is 0 Å². The molecule has 90 valence electrons. The van der Waals surface area contributed by atoms with Crippen LogP contribution in [0.4, 0.5) is 0 Å². The largest absolute Gasteiger partial charge is 0.347 e. The maximum absolute atomic E-state index is 5.66. The predicted molar refractivity (Wildman–Crippen MR) is 69.5 cm³/mol. The number of nitrogens with two attached hydrogens (primary N) is 1. The van der Waals surface area contributed by atoms with Gasteiger partial charge in [0.2, 0.25) is 0 Å². The number of benzene rings is 1. The summed E-state index contributed by atoms with van der Waals surface area (Å²) in [7, 11) is 0. The first-order valence-electron chi connectivity index (χ1n) is 5.68.